The number of benzene rings is 1. The largest absolute Gasteiger partial charge is 0.356 e. The van der Waals surface area contributed by atoms with Gasteiger partial charge in [-0.05, 0) is 26.5 Å². The maximum atomic E-state index is 6.39. The Bertz CT molecular complexity index is 550. The van der Waals surface area contributed by atoms with Crippen LogP contribution in [-0.2, 0) is 6.54 Å². The highest BCUT2D eigenvalue weighted by Gasteiger charge is 2.09. The molecule has 1 unspecified atom stereocenters. The molecule has 0 spiro atoms. The van der Waals surface area contributed by atoms with Gasteiger partial charge in [-0.3, -0.25) is 0 Å². The van der Waals surface area contributed by atoms with E-state index in [0.29, 0.717) is 6.04 Å². The Hall–Kier alpha value is -1.03. The first-order valence-electron chi connectivity index (χ1n) is 7.29. The molecule has 2 N–H and O–H groups in total. The predicted molar refractivity (Wildman–Crippen MR) is 87.4 cm³/mol. The number of para-hydroxylation sites is 1. The molecule has 0 aliphatic heterocycles. The number of H-pyrrole nitrogens is 1. The van der Waals surface area contributed by atoms with Gasteiger partial charge < -0.3 is 15.2 Å². The molecule has 1 aromatic carbocycles. The molecule has 1 aromatic heterocycles. The molecule has 4 heteroatoms. The van der Waals surface area contributed by atoms with Crippen molar-refractivity contribution in [1.29, 1.82) is 0 Å². The van der Waals surface area contributed by atoms with Crippen LogP contribution in [0.25, 0.3) is 10.9 Å². The summed E-state index contributed by atoms with van der Waals surface area (Å²) in [5, 5.41) is 5.39. The maximum absolute atomic E-state index is 6.39. The lowest BCUT2D eigenvalue weighted by molar-refractivity contribution is 0.251. The first kappa shape index (κ1) is 15.4. The van der Waals surface area contributed by atoms with Crippen LogP contribution in [0, 0.1) is 0 Å². The first-order valence-corrected chi connectivity index (χ1v) is 7.67. The second kappa shape index (κ2) is 7.11. The van der Waals surface area contributed by atoms with E-state index in [2.05, 4.69) is 42.2 Å². The Kier molecular flexibility index (Phi) is 5.46. The summed E-state index contributed by atoms with van der Waals surface area (Å²) in [5.41, 5.74) is 2.17. The van der Waals surface area contributed by atoms with Gasteiger partial charge in [0, 0.05) is 42.3 Å². The fourth-order valence-corrected chi connectivity index (χ4v) is 2.57. The lowest BCUT2D eigenvalue weighted by Crippen LogP contribution is -2.34. The molecule has 3 nitrogen and oxygen atoms in total. The summed E-state index contributed by atoms with van der Waals surface area (Å²) < 4.78 is 0. The van der Waals surface area contributed by atoms with E-state index >= 15 is 0 Å². The molecule has 0 aliphatic rings. The summed E-state index contributed by atoms with van der Waals surface area (Å²) in [6, 6.07) is 8.78. The van der Waals surface area contributed by atoms with Crippen molar-refractivity contribution in [3.8, 4) is 0 Å². The van der Waals surface area contributed by atoms with Crippen LogP contribution in [-0.4, -0.2) is 36.1 Å². The van der Waals surface area contributed by atoms with E-state index in [9.17, 15) is 0 Å². The summed E-state index contributed by atoms with van der Waals surface area (Å²) in [4.78, 5) is 5.75. The van der Waals surface area contributed by atoms with Crippen molar-refractivity contribution in [3.05, 3.63) is 35.0 Å². The fraction of sp³-hybridized carbons (Fsp3) is 0.500. The molecule has 0 saturated heterocycles. The monoisotopic (exact) mass is 293 g/mol. The van der Waals surface area contributed by atoms with Gasteiger partial charge in [-0.2, -0.15) is 0 Å². The van der Waals surface area contributed by atoms with Gasteiger partial charge in [-0.25, -0.2) is 0 Å². The Morgan fingerprint density at radius 3 is 2.80 bits per heavy atom. The zero-order chi connectivity index (χ0) is 14.5. The van der Waals surface area contributed by atoms with Gasteiger partial charge in [0.2, 0.25) is 0 Å². The number of hydrogen-bond donors (Lipinski definition) is 2. The van der Waals surface area contributed by atoms with E-state index in [4.69, 9.17) is 11.6 Å². The van der Waals surface area contributed by atoms with E-state index in [0.717, 1.165) is 41.3 Å². The van der Waals surface area contributed by atoms with Gasteiger partial charge in [-0.15, -0.1) is 0 Å². The van der Waals surface area contributed by atoms with E-state index in [1.165, 1.54) is 6.42 Å². The van der Waals surface area contributed by atoms with Crippen molar-refractivity contribution in [2.75, 3.05) is 20.1 Å². The van der Waals surface area contributed by atoms with Crippen LogP contribution in [0.15, 0.2) is 24.3 Å². The summed E-state index contributed by atoms with van der Waals surface area (Å²) in [5.74, 6) is 0. The highest BCUT2D eigenvalue weighted by Crippen LogP contribution is 2.26. The molecule has 2 rings (SSSR count). The molecule has 1 atom stereocenters. The minimum atomic E-state index is 0.633. The molecule has 0 radical (unpaired) electrons. The number of likely N-dealkylation sites (N-methyl/N-ethyl adjacent to an activating group) is 1. The zero-order valence-corrected chi connectivity index (χ0v) is 13.3. The van der Waals surface area contributed by atoms with Crippen LogP contribution < -0.4 is 5.32 Å². The lowest BCUT2D eigenvalue weighted by Gasteiger charge is -2.23. The summed E-state index contributed by atoms with van der Waals surface area (Å²) in [6.45, 7) is 7.27. The van der Waals surface area contributed by atoms with Crippen LogP contribution in [0.2, 0.25) is 5.02 Å². The van der Waals surface area contributed by atoms with Gasteiger partial charge in [0.05, 0.1) is 5.02 Å². The molecule has 0 aliphatic carbocycles. The number of nitrogens with one attached hydrogen (secondary N) is 2. The Morgan fingerprint density at radius 2 is 2.10 bits per heavy atom. The second-order valence-corrected chi connectivity index (χ2v) is 5.76. The molecule has 0 saturated carbocycles. The SMILES string of the molecule is CCC(C)N(C)CCNCc1[nH]c2ccccc2c1Cl. The minimum Gasteiger partial charge on any atom is -0.356 e. The van der Waals surface area contributed by atoms with E-state index in [1.54, 1.807) is 0 Å². The minimum absolute atomic E-state index is 0.633. The van der Waals surface area contributed by atoms with Crippen molar-refractivity contribution >= 4 is 22.5 Å². The fourth-order valence-electron chi connectivity index (χ4n) is 2.29. The van der Waals surface area contributed by atoms with Gasteiger partial charge in [0.1, 0.15) is 0 Å². The summed E-state index contributed by atoms with van der Waals surface area (Å²) in [7, 11) is 2.17. The predicted octanol–water partition coefficient (Wildman–Crippen LogP) is 3.64. The molecule has 0 amide bonds. The molecule has 110 valence electrons. The molecular weight excluding hydrogens is 270 g/mol. The molecule has 0 fully saturated rings. The maximum Gasteiger partial charge on any atom is 0.0705 e. The number of nitrogens with zero attached hydrogens (tertiary/aromatic N) is 1. The number of halogens is 1. The molecule has 1 heterocycles. The highest BCUT2D eigenvalue weighted by molar-refractivity contribution is 6.36. The Balaban J connectivity index is 1.86. The van der Waals surface area contributed by atoms with Crippen molar-refractivity contribution in [1.82, 2.24) is 15.2 Å². The van der Waals surface area contributed by atoms with Crippen molar-refractivity contribution in [2.24, 2.45) is 0 Å². The number of fused-ring (bicyclic) bond motifs is 1. The zero-order valence-electron chi connectivity index (χ0n) is 12.5. The third-order valence-corrected chi connectivity index (χ3v) is 4.43. The van der Waals surface area contributed by atoms with E-state index in [1.807, 2.05) is 18.2 Å². The van der Waals surface area contributed by atoms with Crippen molar-refractivity contribution < 1.29 is 0 Å². The number of aromatic nitrogens is 1. The third-order valence-electron chi connectivity index (χ3n) is 4.00. The average Bonchev–Trinajstić information content (AvgIpc) is 2.79. The van der Waals surface area contributed by atoms with Gasteiger partial charge in [-0.1, -0.05) is 36.7 Å². The van der Waals surface area contributed by atoms with Crippen molar-refractivity contribution in [3.63, 3.8) is 0 Å². The van der Waals surface area contributed by atoms with Gasteiger partial charge >= 0.3 is 0 Å². The van der Waals surface area contributed by atoms with E-state index < -0.39 is 0 Å². The number of rotatable bonds is 7. The topological polar surface area (TPSA) is 31.1 Å². The number of hydrogen-bond acceptors (Lipinski definition) is 2. The second-order valence-electron chi connectivity index (χ2n) is 5.38. The standard InChI is InChI=1S/C16H24ClN3/c1-4-12(2)20(3)10-9-18-11-15-16(17)13-7-5-6-8-14(13)19-15/h5-8,12,18-19H,4,9-11H2,1-3H3. The molecule has 20 heavy (non-hydrogen) atoms. The van der Waals surface area contributed by atoms with Crippen LogP contribution in [0.1, 0.15) is 26.0 Å². The third kappa shape index (κ3) is 3.54. The molecular formula is C16H24ClN3. The van der Waals surface area contributed by atoms with Crippen molar-refractivity contribution in [2.45, 2.75) is 32.9 Å². The molecule has 0 bridgehead atoms. The van der Waals surface area contributed by atoms with Crippen LogP contribution in [0.3, 0.4) is 0 Å². The highest BCUT2D eigenvalue weighted by atomic mass is 35.5. The van der Waals surface area contributed by atoms with Crippen LogP contribution in [0.5, 0.6) is 0 Å². The lowest BCUT2D eigenvalue weighted by atomic mass is 10.2. The normalized spacial score (nSPS) is 13.2. The van der Waals surface area contributed by atoms with Gasteiger partial charge in [0.25, 0.3) is 0 Å². The Labute approximate surface area is 126 Å². The van der Waals surface area contributed by atoms with Crippen LogP contribution in [0.4, 0.5) is 0 Å². The quantitative estimate of drug-likeness (QED) is 0.764. The summed E-state index contributed by atoms with van der Waals surface area (Å²) >= 11 is 6.39. The molecule has 2 aromatic rings. The smallest absolute Gasteiger partial charge is 0.0705 e. The Morgan fingerprint density at radius 1 is 1.35 bits per heavy atom. The first-order chi connectivity index (χ1) is 9.63. The van der Waals surface area contributed by atoms with Gasteiger partial charge in [0.15, 0.2) is 0 Å². The van der Waals surface area contributed by atoms with E-state index in [-0.39, 0.29) is 0 Å². The summed E-state index contributed by atoms with van der Waals surface area (Å²) in [6.07, 6.45) is 1.18. The number of aromatic amines is 1. The van der Waals surface area contributed by atoms with Crippen LogP contribution >= 0.6 is 11.6 Å². The average molecular weight is 294 g/mol.